The van der Waals surface area contributed by atoms with Crippen molar-refractivity contribution in [1.82, 2.24) is 4.90 Å². The third-order valence-electron chi connectivity index (χ3n) is 5.94. The van der Waals surface area contributed by atoms with Crippen LogP contribution in [0.25, 0.3) is 0 Å². The number of amides is 1. The third kappa shape index (κ3) is 4.66. The molecule has 4 rings (SSSR count). The van der Waals surface area contributed by atoms with E-state index in [1.165, 1.54) is 5.56 Å². The Labute approximate surface area is 178 Å². The van der Waals surface area contributed by atoms with Crippen LogP contribution in [-0.4, -0.2) is 43.1 Å². The molecule has 1 amide bonds. The fourth-order valence-electron chi connectivity index (χ4n) is 4.22. The number of esters is 1. The number of aryl methyl sites for hydroxylation is 1. The Balaban J connectivity index is 1.45. The summed E-state index contributed by atoms with van der Waals surface area (Å²) < 4.78 is 10.9. The van der Waals surface area contributed by atoms with Gasteiger partial charge in [0.15, 0.2) is 0 Å². The standard InChI is InChI=1S/C25H29NO4/c1-2-29-25(28)22-16-20(22)17-26(14-7-10-18-8-4-3-5-9-18)24(27)21-12-6-11-19-13-15-30-23(19)21/h3-6,8-9,11-12,20,22H,2,7,10,13-17H2,1H3/t20-,22-/m1/s1. The van der Waals surface area contributed by atoms with E-state index in [-0.39, 0.29) is 23.7 Å². The van der Waals surface area contributed by atoms with Crippen molar-refractivity contribution < 1.29 is 19.1 Å². The van der Waals surface area contributed by atoms with E-state index in [1.54, 1.807) is 0 Å². The summed E-state index contributed by atoms with van der Waals surface area (Å²) in [5.74, 6) is 0.697. The highest BCUT2D eigenvalue weighted by Gasteiger charge is 2.45. The minimum atomic E-state index is -0.136. The predicted molar refractivity (Wildman–Crippen MR) is 115 cm³/mol. The fraction of sp³-hybridized carbons (Fsp3) is 0.440. The van der Waals surface area contributed by atoms with E-state index in [9.17, 15) is 9.59 Å². The molecule has 0 aromatic heterocycles. The second kappa shape index (κ2) is 9.33. The highest BCUT2D eigenvalue weighted by molar-refractivity contribution is 5.97. The molecule has 5 heteroatoms. The number of benzene rings is 2. The number of ether oxygens (including phenoxy) is 2. The van der Waals surface area contributed by atoms with Gasteiger partial charge in [-0.3, -0.25) is 9.59 Å². The normalized spacial score (nSPS) is 19.0. The van der Waals surface area contributed by atoms with Gasteiger partial charge in [0, 0.05) is 19.5 Å². The molecule has 30 heavy (non-hydrogen) atoms. The highest BCUT2D eigenvalue weighted by Crippen LogP contribution is 2.40. The van der Waals surface area contributed by atoms with Crippen LogP contribution in [0, 0.1) is 11.8 Å². The lowest BCUT2D eigenvalue weighted by Gasteiger charge is -2.24. The molecular formula is C25H29NO4. The Morgan fingerprint density at radius 3 is 2.77 bits per heavy atom. The van der Waals surface area contributed by atoms with Crippen molar-refractivity contribution in [2.45, 2.75) is 32.6 Å². The van der Waals surface area contributed by atoms with Crippen molar-refractivity contribution in [1.29, 1.82) is 0 Å². The van der Waals surface area contributed by atoms with Crippen LogP contribution in [0.3, 0.4) is 0 Å². The van der Waals surface area contributed by atoms with Crippen molar-refractivity contribution >= 4 is 11.9 Å². The van der Waals surface area contributed by atoms with E-state index < -0.39 is 0 Å². The molecule has 0 bridgehead atoms. The lowest BCUT2D eigenvalue weighted by molar-refractivity contribution is -0.145. The third-order valence-corrected chi connectivity index (χ3v) is 5.94. The maximum Gasteiger partial charge on any atom is 0.309 e. The van der Waals surface area contributed by atoms with Crippen molar-refractivity contribution in [2.24, 2.45) is 11.8 Å². The maximum atomic E-state index is 13.4. The van der Waals surface area contributed by atoms with E-state index in [1.807, 2.05) is 48.2 Å². The minimum absolute atomic E-state index is 0.00341. The van der Waals surface area contributed by atoms with E-state index in [4.69, 9.17) is 9.47 Å². The zero-order valence-electron chi connectivity index (χ0n) is 17.5. The van der Waals surface area contributed by atoms with Crippen molar-refractivity contribution in [2.75, 3.05) is 26.3 Å². The highest BCUT2D eigenvalue weighted by atomic mass is 16.5. The van der Waals surface area contributed by atoms with Crippen LogP contribution in [0.2, 0.25) is 0 Å². The number of fused-ring (bicyclic) bond motifs is 1. The number of carbonyl (C=O) groups is 2. The molecule has 0 saturated heterocycles. The first-order valence-electron chi connectivity index (χ1n) is 10.9. The van der Waals surface area contributed by atoms with Gasteiger partial charge in [0.05, 0.1) is 24.7 Å². The summed E-state index contributed by atoms with van der Waals surface area (Å²) in [5, 5.41) is 0. The Morgan fingerprint density at radius 1 is 1.13 bits per heavy atom. The lowest BCUT2D eigenvalue weighted by atomic mass is 10.1. The molecule has 2 aromatic rings. The minimum Gasteiger partial charge on any atom is -0.492 e. The number of hydrogen-bond acceptors (Lipinski definition) is 4. The van der Waals surface area contributed by atoms with Gasteiger partial charge in [-0.1, -0.05) is 42.5 Å². The molecule has 1 aliphatic carbocycles. The Kier molecular flexibility index (Phi) is 6.36. The molecule has 158 valence electrons. The summed E-state index contributed by atoms with van der Waals surface area (Å²) in [4.78, 5) is 27.4. The quantitative estimate of drug-likeness (QED) is 0.592. The Morgan fingerprint density at radius 2 is 1.97 bits per heavy atom. The van der Waals surface area contributed by atoms with Gasteiger partial charge in [0.1, 0.15) is 5.75 Å². The van der Waals surface area contributed by atoms with Gasteiger partial charge < -0.3 is 14.4 Å². The van der Waals surface area contributed by atoms with E-state index in [2.05, 4.69) is 12.1 Å². The van der Waals surface area contributed by atoms with E-state index in [0.29, 0.717) is 31.9 Å². The monoisotopic (exact) mass is 407 g/mol. The Hall–Kier alpha value is -2.82. The van der Waals surface area contributed by atoms with Gasteiger partial charge in [0.25, 0.3) is 5.91 Å². The maximum absolute atomic E-state index is 13.4. The Bertz CT molecular complexity index is 895. The molecule has 2 aromatic carbocycles. The van der Waals surface area contributed by atoms with Gasteiger partial charge in [0.2, 0.25) is 0 Å². The zero-order valence-corrected chi connectivity index (χ0v) is 17.5. The molecule has 1 aliphatic heterocycles. The summed E-state index contributed by atoms with van der Waals surface area (Å²) in [6.07, 6.45) is 3.44. The molecule has 0 N–H and O–H groups in total. The van der Waals surface area contributed by atoms with Gasteiger partial charge in [-0.25, -0.2) is 0 Å². The molecule has 1 fully saturated rings. The molecule has 5 nitrogen and oxygen atoms in total. The molecular weight excluding hydrogens is 378 g/mol. The lowest BCUT2D eigenvalue weighted by Crippen LogP contribution is -2.35. The number of carbonyl (C=O) groups excluding carboxylic acids is 2. The molecule has 1 saturated carbocycles. The van der Waals surface area contributed by atoms with Gasteiger partial charge in [-0.2, -0.15) is 0 Å². The van der Waals surface area contributed by atoms with Crippen LogP contribution in [-0.2, 0) is 22.4 Å². The predicted octanol–water partition coefficient (Wildman–Crippen LogP) is 3.90. The number of hydrogen-bond donors (Lipinski definition) is 0. The largest absolute Gasteiger partial charge is 0.492 e. The van der Waals surface area contributed by atoms with Gasteiger partial charge in [-0.05, 0) is 49.3 Å². The van der Waals surface area contributed by atoms with Crippen LogP contribution >= 0.6 is 0 Å². The molecule has 1 heterocycles. The first-order valence-corrected chi connectivity index (χ1v) is 10.9. The van der Waals surface area contributed by atoms with Crippen molar-refractivity contribution in [3.05, 3.63) is 65.2 Å². The second-order valence-electron chi connectivity index (χ2n) is 8.09. The van der Waals surface area contributed by atoms with Crippen LogP contribution in [0.5, 0.6) is 5.75 Å². The molecule has 2 aliphatic rings. The molecule has 2 atom stereocenters. The van der Waals surface area contributed by atoms with Crippen molar-refractivity contribution in [3.63, 3.8) is 0 Å². The summed E-state index contributed by atoms with van der Waals surface area (Å²) in [7, 11) is 0. The summed E-state index contributed by atoms with van der Waals surface area (Å²) in [6.45, 7) is 4.09. The summed E-state index contributed by atoms with van der Waals surface area (Å²) in [6, 6.07) is 16.1. The molecule has 0 unspecified atom stereocenters. The van der Waals surface area contributed by atoms with Crippen molar-refractivity contribution in [3.8, 4) is 5.75 Å². The first-order chi connectivity index (χ1) is 14.7. The second-order valence-corrected chi connectivity index (χ2v) is 8.09. The number of para-hydroxylation sites is 1. The molecule has 0 radical (unpaired) electrons. The fourth-order valence-corrected chi connectivity index (χ4v) is 4.22. The van der Waals surface area contributed by atoms with Crippen LogP contribution in [0.4, 0.5) is 0 Å². The molecule has 0 spiro atoms. The zero-order chi connectivity index (χ0) is 20.9. The summed E-state index contributed by atoms with van der Waals surface area (Å²) in [5.41, 5.74) is 3.00. The summed E-state index contributed by atoms with van der Waals surface area (Å²) >= 11 is 0. The van der Waals surface area contributed by atoms with Crippen LogP contribution in [0.1, 0.15) is 41.3 Å². The van der Waals surface area contributed by atoms with Crippen LogP contribution < -0.4 is 4.74 Å². The van der Waals surface area contributed by atoms with Gasteiger partial charge >= 0.3 is 5.97 Å². The van der Waals surface area contributed by atoms with E-state index >= 15 is 0 Å². The number of nitrogens with zero attached hydrogens (tertiary/aromatic N) is 1. The SMILES string of the molecule is CCOC(=O)[C@@H]1C[C@@H]1CN(CCCc1ccccc1)C(=O)c1cccc2c1OCC2. The van der Waals surface area contributed by atoms with Gasteiger partial charge in [-0.15, -0.1) is 0 Å². The average Bonchev–Trinajstić information content (AvgIpc) is 3.37. The first kappa shape index (κ1) is 20.5. The topological polar surface area (TPSA) is 55.8 Å². The number of rotatable bonds is 9. The smallest absolute Gasteiger partial charge is 0.309 e. The van der Waals surface area contributed by atoms with E-state index in [0.717, 1.165) is 37.0 Å². The average molecular weight is 408 g/mol. The van der Waals surface area contributed by atoms with Crippen LogP contribution in [0.15, 0.2) is 48.5 Å².